The number of ether oxygens (including phenoxy) is 1. The molecule has 2 N–H and O–H groups in total. The highest BCUT2D eigenvalue weighted by molar-refractivity contribution is 7.13. The number of phenolic OH excluding ortho intramolecular Hbond substituents is 1. The Kier molecular flexibility index (Phi) is 3.78. The number of hydrogen-bond donors (Lipinski definition) is 2. The number of hydrogen-bond acceptors (Lipinski definition) is 6. The summed E-state index contributed by atoms with van der Waals surface area (Å²) in [5, 5.41) is 16.2. The second-order valence-electron chi connectivity index (χ2n) is 3.60. The lowest BCUT2D eigenvalue weighted by molar-refractivity contribution is 0.373. The first-order valence-corrected chi connectivity index (χ1v) is 6.15. The standard InChI is InChI=1S/C12H13N3O2S/c1-8-7-18-12(14-8)15-13-6-9-3-4-10(16)11(5-9)17-2/h3-7,16H,1-2H3,(H,14,15)/b13-6-. The second-order valence-corrected chi connectivity index (χ2v) is 4.45. The fourth-order valence-electron chi connectivity index (χ4n) is 1.34. The molecule has 6 heteroatoms. The Morgan fingerprint density at radius 1 is 1.50 bits per heavy atom. The highest BCUT2D eigenvalue weighted by Gasteiger charge is 2.00. The second kappa shape index (κ2) is 5.50. The highest BCUT2D eigenvalue weighted by atomic mass is 32.1. The Morgan fingerprint density at radius 3 is 3.00 bits per heavy atom. The van der Waals surface area contributed by atoms with Gasteiger partial charge in [-0.1, -0.05) is 0 Å². The van der Waals surface area contributed by atoms with E-state index in [1.54, 1.807) is 24.4 Å². The molecular formula is C12H13N3O2S. The minimum atomic E-state index is 0.109. The lowest BCUT2D eigenvalue weighted by Gasteiger charge is -2.03. The van der Waals surface area contributed by atoms with Crippen LogP contribution in [0.25, 0.3) is 0 Å². The number of aromatic hydroxyl groups is 1. The van der Waals surface area contributed by atoms with Gasteiger partial charge in [0.05, 0.1) is 19.0 Å². The van der Waals surface area contributed by atoms with Crippen LogP contribution in [-0.2, 0) is 0 Å². The molecule has 18 heavy (non-hydrogen) atoms. The van der Waals surface area contributed by atoms with Crippen molar-refractivity contribution < 1.29 is 9.84 Å². The molecule has 0 saturated carbocycles. The smallest absolute Gasteiger partial charge is 0.203 e. The van der Waals surface area contributed by atoms with Crippen molar-refractivity contribution in [1.29, 1.82) is 0 Å². The number of aryl methyl sites for hydroxylation is 1. The number of thiazole rings is 1. The Balaban J connectivity index is 2.04. The third kappa shape index (κ3) is 2.98. The van der Waals surface area contributed by atoms with Gasteiger partial charge in [-0.15, -0.1) is 11.3 Å². The third-order valence-corrected chi connectivity index (χ3v) is 3.06. The maximum absolute atomic E-state index is 9.45. The fourth-order valence-corrected chi connectivity index (χ4v) is 1.98. The number of anilines is 1. The average molecular weight is 263 g/mol. The lowest BCUT2D eigenvalue weighted by Crippen LogP contribution is -1.91. The van der Waals surface area contributed by atoms with Crippen LogP contribution in [0.4, 0.5) is 5.13 Å². The van der Waals surface area contributed by atoms with E-state index < -0.39 is 0 Å². The number of hydrazone groups is 1. The van der Waals surface area contributed by atoms with E-state index in [0.29, 0.717) is 5.75 Å². The zero-order chi connectivity index (χ0) is 13.0. The summed E-state index contributed by atoms with van der Waals surface area (Å²) in [4.78, 5) is 4.22. The number of rotatable bonds is 4. The molecular weight excluding hydrogens is 250 g/mol. The fraction of sp³-hybridized carbons (Fsp3) is 0.167. The van der Waals surface area contributed by atoms with Crippen LogP contribution in [0.5, 0.6) is 11.5 Å². The first-order valence-electron chi connectivity index (χ1n) is 5.27. The summed E-state index contributed by atoms with van der Waals surface area (Å²) in [6, 6.07) is 5.01. The molecule has 0 fully saturated rings. The Bertz CT molecular complexity index is 566. The Morgan fingerprint density at radius 2 is 2.33 bits per heavy atom. The monoisotopic (exact) mass is 263 g/mol. The van der Waals surface area contributed by atoms with E-state index in [0.717, 1.165) is 16.4 Å². The molecule has 94 valence electrons. The van der Waals surface area contributed by atoms with Gasteiger partial charge in [0.15, 0.2) is 11.5 Å². The Hall–Kier alpha value is -2.08. The topological polar surface area (TPSA) is 66.7 Å². The number of methoxy groups -OCH3 is 1. The maximum Gasteiger partial charge on any atom is 0.203 e. The van der Waals surface area contributed by atoms with Crippen LogP contribution in [-0.4, -0.2) is 23.4 Å². The van der Waals surface area contributed by atoms with Crippen molar-refractivity contribution in [2.45, 2.75) is 6.92 Å². The zero-order valence-electron chi connectivity index (χ0n) is 10.0. The van der Waals surface area contributed by atoms with Gasteiger partial charge in [0.2, 0.25) is 5.13 Å². The molecule has 0 atom stereocenters. The van der Waals surface area contributed by atoms with Crippen LogP contribution in [0.15, 0.2) is 28.7 Å². The summed E-state index contributed by atoms with van der Waals surface area (Å²) in [6.45, 7) is 1.93. The quantitative estimate of drug-likeness (QED) is 0.657. The zero-order valence-corrected chi connectivity index (χ0v) is 10.9. The summed E-state index contributed by atoms with van der Waals surface area (Å²) < 4.78 is 5.01. The predicted molar refractivity (Wildman–Crippen MR) is 72.7 cm³/mol. The van der Waals surface area contributed by atoms with Crippen molar-refractivity contribution in [3.05, 3.63) is 34.8 Å². The summed E-state index contributed by atoms with van der Waals surface area (Å²) in [7, 11) is 1.51. The van der Waals surface area contributed by atoms with E-state index in [1.807, 2.05) is 12.3 Å². The molecule has 0 amide bonds. The number of benzene rings is 1. The van der Waals surface area contributed by atoms with Crippen LogP contribution >= 0.6 is 11.3 Å². The van der Waals surface area contributed by atoms with Crippen molar-refractivity contribution in [2.24, 2.45) is 5.10 Å². The molecule has 2 rings (SSSR count). The molecule has 0 radical (unpaired) electrons. The first-order chi connectivity index (χ1) is 8.69. The van der Waals surface area contributed by atoms with Crippen molar-refractivity contribution in [2.75, 3.05) is 12.5 Å². The minimum Gasteiger partial charge on any atom is -0.504 e. The van der Waals surface area contributed by atoms with Gasteiger partial charge in [0.1, 0.15) is 0 Å². The molecule has 0 spiro atoms. The molecule has 2 aromatic rings. The molecule has 1 aromatic heterocycles. The molecule has 0 bridgehead atoms. The molecule has 1 heterocycles. The predicted octanol–water partition coefficient (Wildman–Crippen LogP) is 2.61. The molecule has 0 unspecified atom stereocenters. The lowest BCUT2D eigenvalue weighted by atomic mass is 10.2. The van der Waals surface area contributed by atoms with Crippen LogP contribution in [0, 0.1) is 6.92 Å². The van der Waals surface area contributed by atoms with Crippen molar-refractivity contribution in [3.63, 3.8) is 0 Å². The van der Waals surface area contributed by atoms with Crippen molar-refractivity contribution in [1.82, 2.24) is 4.98 Å². The summed E-state index contributed by atoms with van der Waals surface area (Å²) in [5.74, 6) is 0.530. The maximum atomic E-state index is 9.45. The molecule has 5 nitrogen and oxygen atoms in total. The number of aromatic nitrogens is 1. The molecule has 0 aliphatic heterocycles. The Labute approximate surface area is 109 Å². The molecule has 0 aliphatic carbocycles. The van der Waals surface area contributed by atoms with Gasteiger partial charge < -0.3 is 9.84 Å². The van der Waals surface area contributed by atoms with E-state index in [4.69, 9.17) is 4.74 Å². The first kappa shape index (κ1) is 12.4. The molecule has 0 saturated heterocycles. The van der Waals surface area contributed by atoms with Gasteiger partial charge in [-0.2, -0.15) is 5.10 Å². The van der Waals surface area contributed by atoms with E-state index in [2.05, 4.69) is 15.5 Å². The van der Waals surface area contributed by atoms with Gasteiger partial charge in [-0.05, 0) is 30.7 Å². The van der Waals surface area contributed by atoms with E-state index in [-0.39, 0.29) is 5.75 Å². The van der Waals surface area contributed by atoms with Gasteiger partial charge >= 0.3 is 0 Å². The molecule has 1 aromatic carbocycles. The van der Waals surface area contributed by atoms with Crippen LogP contribution in [0.2, 0.25) is 0 Å². The number of nitrogens with one attached hydrogen (secondary N) is 1. The average Bonchev–Trinajstić information content (AvgIpc) is 2.77. The van der Waals surface area contributed by atoms with Crippen molar-refractivity contribution >= 4 is 22.7 Å². The summed E-state index contributed by atoms with van der Waals surface area (Å²) in [5.41, 5.74) is 4.63. The highest BCUT2D eigenvalue weighted by Crippen LogP contribution is 2.25. The van der Waals surface area contributed by atoms with Gasteiger partial charge in [-0.25, -0.2) is 4.98 Å². The number of nitrogens with zero attached hydrogens (tertiary/aromatic N) is 2. The van der Waals surface area contributed by atoms with Crippen molar-refractivity contribution in [3.8, 4) is 11.5 Å². The van der Waals surface area contributed by atoms with Gasteiger partial charge in [-0.3, -0.25) is 5.43 Å². The van der Waals surface area contributed by atoms with Crippen LogP contribution < -0.4 is 10.2 Å². The minimum absolute atomic E-state index is 0.109. The molecule has 0 aliphatic rings. The third-order valence-electron chi connectivity index (χ3n) is 2.20. The number of phenols is 1. The largest absolute Gasteiger partial charge is 0.504 e. The summed E-state index contributed by atoms with van der Waals surface area (Å²) >= 11 is 1.49. The SMILES string of the molecule is COc1cc(/C=N\Nc2nc(C)cs2)ccc1O. The van der Waals surface area contributed by atoms with Gasteiger partial charge in [0.25, 0.3) is 0 Å². The van der Waals surface area contributed by atoms with Crippen LogP contribution in [0.1, 0.15) is 11.3 Å². The van der Waals surface area contributed by atoms with Gasteiger partial charge in [0, 0.05) is 5.38 Å². The van der Waals surface area contributed by atoms with E-state index in [9.17, 15) is 5.11 Å². The normalized spacial score (nSPS) is 10.8. The van der Waals surface area contributed by atoms with E-state index in [1.165, 1.54) is 18.4 Å². The summed E-state index contributed by atoms with van der Waals surface area (Å²) in [6.07, 6.45) is 1.64. The van der Waals surface area contributed by atoms with E-state index >= 15 is 0 Å². The van der Waals surface area contributed by atoms with Crippen LogP contribution in [0.3, 0.4) is 0 Å².